The number of esters is 1. The second-order valence-corrected chi connectivity index (χ2v) is 9.73. The van der Waals surface area contributed by atoms with Crippen LogP contribution in [0.4, 0.5) is 5.69 Å². The van der Waals surface area contributed by atoms with E-state index in [9.17, 15) is 23.3 Å². The monoisotopic (exact) mass is 432 g/mol. The summed E-state index contributed by atoms with van der Waals surface area (Å²) < 4.78 is 32.5. The van der Waals surface area contributed by atoms with Crippen LogP contribution in [0.2, 0.25) is 0 Å². The van der Waals surface area contributed by atoms with Crippen LogP contribution in [-0.2, 0) is 21.4 Å². The standard InChI is InChI=1S/C21H24N2O6S/c1-15-10-16(2)13-22(12-15)30(27,28)20-8-6-18(7-9-20)21(24)29-14-17-4-3-5-19(11-17)23(25)26/h3-9,11,15-16H,10,12-14H2,1-2H3/t15-,16-/m0/s1. The molecule has 2 atom stereocenters. The van der Waals surface area contributed by atoms with E-state index in [2.05, 4.69) is 0 Å². The molecule has 2 aromatic rings. The first-order chi connectivity index (χ1) is 14.2. The predicted molar refractivity (Wildman–Crippen MR) is 110 cm³/mol. The Morgan fingerprint density at radius 1 is 1.13 bits per heavy atom. The Bertz CT molecular complexity index is 1030. The number of sulfonamides is 1. The highest BCUT2D eigenvalue weighted by atomic mass is 32.2. The van der Waals surface area contributed by atoms with Crippen molar-refractivity contribution in [1.29, 1.82) is 0 Å². The summed E-state index contributed by atoms with van der Waals surface area (Å²) in [5.74, 6) is -0.0381. The van der Waals surface area contributed by atoms with E-state index in [4.69, 9.17) is 4.74 Å². The average Bonchev–Trinajstić information content (AvgIpc) is 2.71. The lowest BCUT2D eigenvalue weighted by Crippen LogP contribution is -2.42. The summed E-state index contributed by atoms with van der Waals surface area (Å²) in [6.07, 6.45) is 1.00. The Morgan fingerprint density at radius 2 is 1.77 bits per heavy atom. The Balaban J connectivity index is 1.67. The predicted octanol–water partition coefficient (Wildman–Crippen LogP) is 3.62. The number of ether oxygens (including phenoxy) is 1. The van der Waals surface area contributed by atoms with Crippen molar-refractivity contribution >= 4 is 21.7 Å². The topological polar surface area (TPSA) is 107 Å². The molecular formula is C21H24N2O6S. The molecule has 30 heavy (non-hydrogen) atoms. The molecule has 1 saturated heterocycles. The Hall–Kier alpha value is -2.78. The van der Waals surface area contributed by atoms with E-state index in [-0.39, 0.29) is 22.8 Å². The van der Waals surface area contributed by atoms with Crippen LogP contribution in [0.3, 0.4) is 0 Å². The molecule has 8 nitrogen and oxygen atoms in total. The summed E-state index contributed by atoms with van der Waals surface area (Å²) in [5.41, 5.74) is 0.615. The number of carbonyl (C=O) groups excluding carboxylic acids is 1. The minimum Gasteiger partial charge on any atom is -0.457 e. The minimum absolute atomic E-state index is 0.0838. The highest BCUT2D eigenvalue weighted by Gasteiger charge is 2.31. The lowest BCUT2D eigenvalue weighted by Gasteiger charge is -2.34. The van der Waals surface area contributed by atoms with Crippen molar-refractivity contribution in [3.8, 4) is 0 Å². The molecule has 0 bridgehead atoms. The van der Waals surface area contributed by atoms with E-state index in [0.717, 1.165) is 6.42 Å². The van der Waals surface area contributed by atoms with E-state index >= 15 is 0 Å². The van der Waals surface area contributed by atoms with Crippen molar-refractivity contribution in [2.75, 3.05) is 13.1 Å². The van der Waals surface area contributed by atoms with Gasteiger partial charge in [0.25, 0.3) is 5.69 Å². The molecule has 9 heteroatoms. The molecule has 0 N–H and O–H groups in total. The molecule has 3 rings (SSSR count). The van der Waals surface area contributed by atoms with Gasteiger partial charge < -0.3 is 4.74 Å². The summed E-state index contributed by atoms with van der Waals surface area (Å²) >= 11 is 0. The number of non-ortho nitro benzene ring substituents is 1. The first-order valence-corrected chi connectivity index (χ1v) is 11.1. The van der Waals surface area contributed by atoms with Gasteiger partial charge in [-0.3, -0.25) is 10.1 Å². The molecule has 1 fully saturated rings. The lowest BCUT2D eigenvalue weighted by atomic mass is 9.94. The van der Waals surface area contributed by atoms with Crippen molar-refractivity contribution in [3.05, 3.63) is 69.8 Å². The van der Waals surface area contributed by atoms with E-state index in [1.54, 1.807) is 6.07 Å². The number of hydrogen-bond donors (Lipinski definition) is 0. The molecule has 0 saturated carbocycles. The zero-order valence-electron chi connectivity index (χ0n) is 16.9. The molecule has 0 unspecified atom stereocenters. The third-order valence-corrected chi connectivity index (χ3v) is 6.90. The van der Waals surface area contributed by atoms with Crippen LogP contribution in [0.15, 0.2) is 53.4 Å². The SMILES string of the molecule is C[C@H]1C[C@H](C)CN(S(=O)(=O)c2ccc(C(=O)OCc3cccc([N+](=O)[O-])c3)cc2)C1. The smallest absolute Gasteiger partial charge is 0.338 e. The van der Waals surface area contributed by atoms with Crippen LogP contribution in [-0.4, -0.2) is 36.7 Å². The molecule has 0 amide bonds. The number of hydrogen-bond acceptors (Lipinski definition) is 6. The molecular weight excluding hydrogens is 408 g/mol. The van der Waals surface area contributed by atoms with Crippen LogP contribution < -0.4 is 0 Å². The number of nitro benzene ring substituents is 1. The number of benzene rings is 2. The van der Waals surface area contributed by atoms with Gasteiger partial charge in [-0.05, 0) is 48.1 Å². The van der Waals surface area contributed by atoms with Gasteiger partial charge in [-0.25, -0.2) is 13.2 Å². The van der Waals surface area contributed by atoms with Crippen LogP contribution in [0, 0.1) is 22.0 Å². The van der Waals surface area contributed by atoms with Gasteiger partial charge >= 0.3 is 5.97 Å². The van der Waals surface area contributed by atoms with Gasteiger partial charge in [0.15, 0.2) is 0 Å². The van der Waals surface area contributed by atoms with Crippen molar-refractivity contribution in [1.82, 2.24) is 4.31 Å². The molecule has 2 aromatic carbocycles. The fraction of sp³-hybridized carbons (Fsp3) is 0.381. The molecule has 160 valence electrons. The van der Waals surface area contributed by atoms with E-state index < -0.39 is 20.9 Å². The molecule has 1 aliphatic rings. The average molecular weight is 432 g/mol. The van der Waals surface area contributed by atoms with Gasteiger partial charge in [0.2, 0.25) is 10.0 Å². The highest BCUT2D eigenvalue weighted by Crippen LogP contribution is 2.27. The summed E-state index contributed by atoms with van der Waals surface area (Å²) in [5, 5.41) is 10.8. The first-order valence-electron chi connectivity index (χ1n) is 9.67. The summed E-state index contributed by atoms with van der Waals surface area (Å²) in [6, 6.07) is 11.5. The summed E-state index contributed by atoms with van der Waals surface area (Å²) in [4.78, 5) is 22.7. The quantitative estimate of drug-likeness (QED) is 0.392. The van der Waals surface area contributed by atoms with Crippen LogP contribution >= 0.6 is 0 Å². The number of rotatable bonds is 6. The van der Waals surface area contributed by atoms with Gasteiger partial charge in [0.05, 0.1) is 15.4 Å². The molecule has 1 aliphatic heterocycles. The minimum atomic E-state index is -3.62. The van der Waals surface area contributed by atoms with Crippen molar-refractivity contribution in [2.45, 2.75) is 31.8 Å². The Morgan fingerprint density at radius 3 is 2.37 bits per heavy atom. The largest absolute Gasteiger partial charge is 0.457 e. The second kappa shape index (κ2) is 8.93. The summed E-state index contributed by atoms with van der Waals surface area (Å²) in [7, 11) is -3.62. The lowest BCUT2D eigenvalue weighted by molar-refractivity contribution is -0.384. The van der Waals surface area contributed by atoms with Crippen LogP contribution in [0.25, 0.3) is 0 Å². The van der Waals surface area contributed by atoms with E-state index in [1.165, 1.54) is 46.8 Å². The molecule has 0 aliphatic carbocycles. The molecule has 0 aromatic heterocycles. The van der Waals surface area contributed by atoms with Crippen molar-refractivity contribution < 1.29 is 22.9 Å². The van der Waals surface area contributed by atoms with Gasteiger partial charge in [0.1, 0.15) is 6.61 Å². The Labute approximate surface area is 175 Å². The molecule has 0 radical (unpaired) electrons. The van der Waals surface area contributed by atoms with Crippen LogP contribution in [0.1, 0.15) is 36.2 Å². The highest BCUT2D eigenvalue weighted by molar-refractivity contribution is 7.89. The maximum absolute atomic E-state index is 12.9. The van der Waals surface area contributed by atoms with Crippen molar-refractivity contribution in [2.24, 2.45) is 11.8 Å². The van der Waals surface area contributed by atoms with E-state index in [1.807, 2.05) is 13.8 Å². The zero-order valence-corrected chi connectivity index (χ0v) is 17.7. The number of carbonyl (C=O) groups is 1. The fourth-order valence-corrected chi connectivity index (χ4v) is 5.39. The third kappa shape index (κ3) is 5.03. The number of piperidine rings is 1. The number of nitro groups is 1. The first kappa shape index (κ1) is 21.9. The zero-order chi connectivity index (χ0) is 21.9. The normalized spacial score (nSPS) is 19.9. The Kier molecular flexibility index (Phi) is 6.52. The maximum atomic E-state index is 12.9. The van der Waals surface area contributed by atoms with Gasteiger partial charge in [-0.1, -0.05) is 26.0 Å². The summed E-state index contributed by atoms with van der Waals surface area (Å²) in [6.45, 7) is 4.93. The van der Waals surface area contributed by atoms with Gasteiger partial charge in [-0.2, -0.15) is 4.31 Å². The van der Waals surface area contributed by atoms with Crippen LogP contribution in [0.5, 0.6) is 0 Å². The van der Waals surface area contributed by atoms with Gasteiger partial charge in [-0.15, -0.1) is 0 Å². The van der Waals surface area contributed by atoms with Crippen molar-refractivity contribution in [3.63, 3.8) is 0 Å². The van der Waals surface area contributed by atoms with E-state index in [0.29, 0.717) is 30.5 Å². The van der Waals surface area contributed by atoms with Gasteiger partial charge in [0, 0.05) is 25.2 Å². The maximum Gasteiger partial charge on any atom is 0.338 e. The third-order valence-electron chi connectivity index (χ3n) is 5.05. The molecule has 1 heterocycles. The second-order valence-electron chi connectivity index (χ2n) is 7.80. The number of nitrogens with zero attached hydrogens (tertiary/aromatic N) is 2. The fourth-order valence-electron chi connectivity index (χ4n) is 3.71. The molecule has 0 spiro atoms.